The number of carboxylic acids is 1. The highest BCUT2D eigenvalue weighted by molar-refractivity contribution is 5.78. The summed E-state index contributed by atoms with van der Waals surface area (Å²) in [4.78, 5) is 14.6. The minimum Gasteiger partial charge on any atom is -0.480 e. The minimum atomic E-state index is -1.29. The summed E-state index contributed by atoms with van der Waals surface area (Å²) < 4.78 is 13.2. The molecule has 0 aliphatic carbocycles. The van der Waals surface area contributed by atoms with Crippen molar-refractivity contribution in [2.24, 2.45) is 16.5 Å². The van der Waals surface area contributed by atoms with Gasteiger partial charge >= 0.3 is 5.97 Å². The molecule has 0 fully saturated rings. The van der Waals surface area contributed by atoms with Crippen LogP contribution in [-0.4, -0.2) is 29.0 Å². The number of rotatable bonds is 7. The molecular weight excluding hydrogens is 225 g/mol. The molecule has 0 heterocycles. The number of allylic oxidation sites excluding steroid dienone is 1. The molecule has 0 rings (SSSR count). The maximum absolute atomic E-state index is 13.2. The number of nitrogens with zero attached hydrogens (tertiary/aromatic N) is 1. The molecule has 6 heteroatoms. The lowest BCUT2D eigenvalue weighted by atomic mass is 9.92. The van der Waals surface area contributed by atoms with Gasteiger partial charge in [0.2, 0.25) is 0 Å². The molecule has 0 saturated carbocycles. The summed E-state index contributed by atoms with van der Waals surface area (Å²) in [5.74, 6) is -1.19. The Bertz CT molecular complexity index is 325. The number of carboxylic acid groups (broad SMARTS) is 1. The lowest BCUT2D eigenvalue weighted by Gasteiger charge is -2.21. The summed E-state index contributed by atoms with van der Waals surface area (Å²) in [7, 11) is 0. The van der Waals surface area contributed by atoms with Crippen LogP contribution in [0.2, 0.25) is 0 Å². The van der Waals surface area contributed by atoms with Gasteiger partial charge < -0.3 is 16.6 Å². The number of hydrogen-bond acceptors (Lipinski definition) is 3. The molecule has 5 nitrogen and oxygen atoms in total. The van der Waals surface area contributed by atoms with Crippen LogP contribution in [0, 0.1) is 0 Å². The Labute approximate surface area is 100 Å². The van der Waals surface area contributed by atoms with Crippen LogP contribution in [0.15, 0.2) is 16.9 Å². The zero-order valence-corrected chi connectivity index (χ0v) is 10.2. The highest BCUT2D eigenvalue weighted by Gasteiger charge is 2.30. The first-order valence-electron chi connectivity index (χ1n) is 5.45. The van der Waals surface area contributed by atoms with Crippen molar-refractivity contribution in [1.82, 2.24) is 0 Å². The molecule has 98 valence electrons. The smallest absolute Gasteiger partial charge is 0.323 e. The van der Waals surface area contributed by atoms with Crippen LogP contribution in [-0.2, 0) is 4.79 Å². The van der Waals surface area contributed by atoms with E-state index in [2.05, 4.69) is 4.99 Å². The van der Waals surface area contributed by atoms with Crippen molar-refractivity contribution in [3.8, 4) is 0 Å². The molecule has 0 aliphatic rings. The number of nitrogens with two attached hydrogens (primary N) is 2. The summed E-state index contributed by atoms with van der Waals surface area (Å²) >= 11 is 0. The number of hydrogen-bond donors (Lipinski definition) is 3. The van der Waals surface area contributed by atoms with E-state index >= 15 is 0 Å². The topological polar surface area (TPSA) is 102 Å². The van der Waals surface area contributed by atoms with Crippen molar-refractivity contribution in [2.75, 3.05) is 6.54 Å². The van der Waals surface area contributed by atoms with E-state index in [-0.39, 0.29) is 19.4 Å². The van der Waals surface area contributed by atoms with Crippen molar-refractivity contribution >= 4 is 11.8 Å². The van der Waals surface area contributed by atoms with Gasteiger partial charge in [-0.05, 0) is 26.2 Å². The molecule has 0 unspecified atom stereocenters. The Balaban J connectivity index is 4.25. The molecule has 0 spiro atoms. The zero-order valence-electron chi connectivity index (χ0n) is 10.2. The third-order valence-electron chi connectivity index (χ3n) is 2.49. The van der Waals surface area contributed by atoms with Gasteiger partial charge in [0.25, 0.3) is 0 Å². The minimum absolute atomic E-state index is 0.112. The first-order chi connectivity index (χ1) is 7.81. The first kappa shape index (κ1) is 15.6. The van der Waals surface area contributed by atoms with E-state index in [1.165, 1.54) is 6.08 Å². The monoisotopic (exact) mass is 245 g/mol. The van der Waals surface area contributed by atoms with Crippen LogP contribution in [0.1, 0.15) is 33.1 Å². The highest BCUT2D eigenvalue weighted by atomic mass is 19.1. The third-order valence-corrected chi connectivity index (χ3v) is 2.49. The Kier molecular flexibility index (Phi) is 6.42. The number of aliphatic imine (C=N–C) groups is 1. The average Bonchev–Trinajstić information content (AvgIpc) is 2.25. The lowest BCUT2D eigenvalue weighted by molar-refractivity contribution is -0.143. The Morgan fingerprint density at radius 3 is 2.59 bits per heavy atom. The fourth-order valence-corrected chi connectivity index (χ4v) is 1.19. The van der Waals surface area contributed by atoms with Crippen LogP contribution in [0.5, 0.6) is 0 Å². The zero-order chi connectivity index (χ0) is 13.5. The number of carbonyl (C=O) groups is 1. The molecule has 0 radical (unpaired) electrons. The molecule has 5 N–H and O–H groups in total. The van der Waals surface area contributed by atoms with Gasteiger partial charge in [0.05, 0.1) is 12.4 Å². The molecule has 0 aromatic rings. The predicted octanol–water partition coefficient (Wildman–Crippen LogP) is 1.19. The molecule has 0 aliphatic heterocycles. The van der Waals surface area contributed by atoms with Gasteiger partial charge in [-0.25, -0.2) is 4.39 Å². The van der Waals surface area contributed by atoms with E-state index < -0.39 is 17.3 Å². The molecule has 1 atom stereocenters. The molecule has 0 aromatic heterocycles. The van der Waals surface area contributed by atoms with Crippen LogP contribution in [0.3, 0.4) is 0 Å². The van der Waals surface area contributed by atoms with E-state index in [1.54, 1.807) is 13.8 Å². The number of halogens is 1. The second-order valence-electron chi connectivity index (χ2n) is 3.96. The van der Waals surface area contributed by atoms with E-state index in [1.807, 2.05) is 0 Å². The van der Waals surface area contributed by atoms with Gasteiger partial charge in [0.1, 0.15) is 11.4 Å². The van der Waals surface area contributed by atoms with Gasteiger partial charge in [0.15, 0.2) is 0 Å². The second-order valence-corrected chi connectivity index (χ2v) is 3.96. The molecule has 17 heavy (non-hydrogen) atoms. The van der Waals surface area contributed by atoms with Crippen LogP contribution < -0.4 is 11.5 Å². The fourth-order valence-electron chi connectivity index (χ4n) is 1.19. The summed E-state index contributed by atoms with van der Waals surface area (Å²) in [5, 5.41) is 8.90. The van der Waals surface area contributed by atoms with E-state index in [0.29, 0.717) is 12.3 Å². The van der Waals surface area contributed by atoms with Gasteiger partial charge in [-0.3, -0.25) is 9.79 Å². The van der Waals surface area contributed by atoms with Gasteiger partial charge in [0, 0.05) is 0 Å². The van der Waals surface area contributed by atoms with Crippen LogP contribution in [0.4, 0.5) is 4.39 Å². The summed E-state index contributed by atoms with van der Waals surface area (Å²) in [6.45, 7) is 3.15. The van der Waals surface area contributed by atoms with Crippen LogP contribution in [0.25, 0.3) is 0 Å². The van der Waals surface area contributed by atoms with Crippen molar-refractivity contribution in [2.45, 2.75) is 38.6 Å². The van der Waals surface area contributed by atoms with Crippen molar-refractivity contribution in [3.05, 3.63) is 11.9 Å². The van der Waals surface area contributed by atoms with Gasteiger partial charge in [-0.15, -0.1) is 0 Å². The lowest BCUT2D eigenvalue weighted by Crippen LogP contribution is -2.47. The quantitative estimate of drug-likeness (QED) is 0.463. The molecule has 0 saturated heterocycles. The molecule has 0 aromatic carbocycles. The van der Waals surface area contributed by atoms with Crippen molar-refractivity contribution in [1.29, 1.82) is 0 Å². The van der Waals surface area contributed by atoms with E-state index in [4.69, 9.17) is 16.6 Å². The SMILES string of the molecule is CC[C@](N)(CC/C=C(\F)CN=C(C)N)C(=O)O. The standard InChI is InChI=1S/C11H20FN3O2/c1-3-11(14,10(16)17)6-4-5-9(12)7-15-8(2)13/h5H,3-4,6-7,14H2,1-2H3,(H2,13,15)(H,16,17)/b9-5-/t11-/m0/s1. The van der Waals surface area contributed by atoms with Gasteiger partial charge in [-0.2, -0.15) is 0 Å². The van der Waals surface area contributed by atoms with E-state index in [0.717, 1.165) is 0 Å². The average molecular weight is 245 g/mol. The Morgan fingerprint density at radius 1 is 1.59 bits per heavy atom. The van der Waals surface area contributed by atoms with Gasteiger partial charge in [-0.1, -0.05) is 13.0 Å². The molecular formula is C11H20FN3O2. The maximum Gasteiger partial charge on any atom is 0.323 e. The number of aliphatic carboxylic acids is 1. The first-order valence-corrected chi connectivity index (χ1v) is 5.45. The fraction of sp³-hybridized carbons (Fsp3) is 0.636. The van der Waals surface area contributed by atoms with Crippen molar-refractivity contribution < 1.29 is 14.3 Å². The normalized spacial score (nSPS) is 16.7. The molecule has 0 amide bonds. The largest absolute Gasteiger partial charge is 0.480 e. The third kappa shape index (κ3) is 6.01. The van der Waals surface area contributed by atoms with E-state index in [9.17, 15) is 9.18 Å². The predicted molar refractivity (Wildman–Crippen MR) is 65.4 cm³/mol. The Morgan fingerprint density at radius 2 is 2.18 bits per heavy atom. The van der Waals surface area contributed by atoms with Crippen molar-refractivity contribution in [3.63, 3.8) is 0 Å². The maximum atomic E-state index is 13.2. The highest BCUT2D eigenvalue weighted by Crippen LogP contribution is 2.16. The Hall–Kier alpha value is -1.43. The summed E-state index contributed by atoms with van der Waals surface area (Å²) in [5.41, 5.74) is 9.62. The number of amidine groups is 1. The summed E-state index contributed by atoms with van der Waals surface area (Å²) in [6, 6.07) is 0. The summed E-state index contributed by atoms with van der Waals surface area (Å²) in [6.07, 6.45) is 2.06. The second kappa shape index (κ2) is 7.01. The van der Waals surface area contributed by atoms with Crippen LogP contribution >= 0.6 is 0 Å². The molecule has 0 bridgehead atoms.